The van der Waals surface area contributed by atoms with Gasteiger partial charge in [0.05, 0.1) is 6.61 Å². The fraction of sp³-hybridized carbons (Fsp3) is 0.188. The highest BCUT2D eigenvalue weighted by Crippen LogP contribution is 2.40. The van der Waals surface area contributed by atoms with E-state index in [1.807, 2.05) is 67.6 Å². The lowest BCUT2D eigenvalue weighted by Crippen LogP contribution is -2.32. The molecule has 0 aliphatic carbocycles. The molecule has 0 saturated carbocycles. The molecule has 0 atom stereocenters. The maximum absolute atomic E-state index is 12.4. The van der Waals surface area contributed by atoms with E-state index in [4.69, 9.17) is 4.74 Å². The molecule has 0 aliphatic heterocycles. The molecular formula is C16H15IO2. The predicted molar refractivity (Wildman–Crippen MR) is 84.3 cm³/mol. The number of carbonyl (C=O) groups is 1. The van der Waals surface area contributed by atoms with Crippen LogP contribution in [0.1, 0.15) is 18.1 Å². The van der Waals surface area contributed by atoms with Gasteiger partial charge in [0.15, 0.2) is 3.42 Å². The summed E-state index contributed by atoms with van der Waals surface area (Å²) in [4.78, 5) is 12.4. The Labute approximate surface area is 126 Å². The Morgan fingerprint density at radius 3 is 1.79 bits per heavy atom. The zero-order chi connectivity index (χ0) is 13.7. The van der Waals surface area contributed by atoms with E-state index in [1.54, 1.807) is 0 Å². The quantitative estimate of drug-likeness (QED) is 0.466. The molecule has 0 saturated heterocycles. The van der Waals surface area contributed by atoms with Gasteiger partial charge in [0.25, 0.3) is 0 Å². The van der Waals surface area contributed by atoms with E-state index in [0.717, 1.165) is 11.1 Å². The summed E-state index contributed by atoms with van der Waals surface area (Å²) < 4.78 is 4.47. The number of hydrogen-bond donors (Lipinski definition) is 0. The Hall–Kier alpha value is -1.36. The van der Waals surface area contributed by atoms with Crippen molar-refractivity contribution < 1.29 is 9.53 Å². The Balaban J connectivity index is 2.54. The molecule has 0 N–H and O–H groups in total. The first-order chi connectivity index (χ1) is 9.19. The standard InChI is InChI=1S/C16H15IO2/c1-2-19-15(18)16(17,13-9-5-3-6-10-13)14-11-7-4-8-12-14/h3-12H,2H2,1H3. The van der Waals surface area contributed by atoms with Crippen LogP contribution in [0.5, 0.6) is 0 Å². The van der Waals surface area contributed by atoms with Gasteiger partial charge in [-0.05, 0) is 18.1 Å². The molecule has 0 fully saturated rings. The van der Waals surface area contributed by atoms with E-state index in [0.29, 0.717) is 6.61 Å². The van der Waals surface area contributed by atoms with Crippen molar-refractivity contribution in [1.82, 2.24) is 0 Å². The molecule has 0 bridgehead atoms. The summed E-state index contributed by atoms with van der Waals surface area (Å²) in [6.45, 7) is 2.20. The summed E-state index contributed by atoms with van der Waals surface area (Å²) in [6, 6.07) is 19.4. The normalized spacial score (nSPS) is 11.1. The van der Waals surface area contributed by atoms with Gasteiger partial charge < -0.3 is 4.74 Å². The summed E-state index contributed by atoms with van der Waals surface area (Å²) in [6.07, 6.45) is 0. The zero-order valence-electron chi connectivity index (χ0n) is 10.7. The van der Waals surface area contributed by atoms with E-state index in [9.17, 15) is 4.79 Å². The molecule has 19 heavy (non-hydrogen) atoms. The van der Waals surface area contributed by atoms with Gasteiger partial charge in [0.1, 0.15) is 0 Å². The smallest absolute Gasteiger partial charge is 0.331 e. The summed E-state index contributed by atoms with van der Waals surface area (Å²) >= 11 is 2.18. The van der Waals surface area contributed by atoms with Crippen molar-refractivity contribution in [2.45, 2.75) is 10.3 Å². The lowest BCUT2D eigenvalue weighted by Gasteiger charge is -2.26. The second-order valence-electron chi connectivity index (χ2n) is 4.11. The van der Waals surface area contributed by atoms with Crippen molar-refractivity contribution in [1.29, 1.82) is 0 Å². The first kappa shape index (κ1) is 14.1. The summed E-state index contributed by atoms with van der Waals surface area (Å²) in [5.41, 5.74) is 1.86. The van der Waals surface area contributed by atoms with Crippen LogP contribution >= 0.6 is 22.6 Å². The maximum atomic E-state index is 12.4. The molecule has 3 heteroatoms. The fourth-order valence-electron chi connectivity index (χ4n) is 1.97. The molecule has 0 amide bonds. The van der Waals surface area contributed by atoms with E-state index in [-0.39, 0.29) is 5.97 Å². The van der Waals surface area contributed by atoms with Crippen LogP contribution in [0, 0.1) is 0 Å². The number of carbonyl (C=O) groups excluding carboxylic acids is 1. The van der Waals surface area contributed by atoms with Crippen molar-refractivity contribution in [3.8, 4) is 0 Å². The van der Waals surface area contributed by atoms with Crippen molar-refractivity contribution >= 4 is 28.6 Å². The van der Waals surface area contributed by atoms with Crippen molar-refractivity contribution in [3.63, 3.8) is 0 Å². The van der Waals surface area contributed by atoms with E-state index in [2.05, 4.69) is 22.6 Å². The third-order valence-corrected chi connectivity index (χ3v) is 4.59. The van der Waals surface area contributed by atoms with Crippen LogP contribution in [0.3, 0.4) is 0 Å². The third-order valence-electron chi connectivity index (χ3n) is 2.90. The van der Waals surface area contributed by atoms with Gasteiger partial charge in [0.2, 0.25) is 0 Å². The summed E-state index contributed by atoms with van der Waals surface area (Å²) in [7, 11) is 0. The molecule has 2 rings (SSSR count). The van der Waals surface area contributed by atoms with Crippen LogP contribution < -0.4 is 0 Å². The molecule has 98 valence electrons. The topological polar surface area (TPSA) is 26.3 Å². The van der Waals surface area contributed by atoms with Crippen molar-refractivity contribution in [2.24, 2.45) is 0 Å². The number of rotatable bonds is 4. The van der Waals surface area contributed by atoms with Gasteiger partial charge in [-0.15, -0.1) is 0 Å². The average Bonchev–Trinajstić information content (AvgIpc) is 2.48. The molecule has 0 aromatic heterocycles. The fourth-order valence-corrected chi connectivity index (χ4v) is 2.84. The summed E-state index contributed by atoms with van der Waals surface area (Å²) in [5.74, 6) is -0.229. The van der Waals surface area contributed by atoms with E-state index in [1.165, 1.54) is 0 Å². The minimum atomic E-state index is -0.795. The average molecular weight is 366 g/mol. The molecule has 2 nitrogen and oxygen atoms in total. The second-order valence-corrected chi connectivity index (χ2v) is 5.73. The van der Waals surface area contributed by atoms with Crippen molar-refractivity contribution in [3.05, 3.63) is 71.8 Å². The Morgan fingerprint density at radius 2 is 1.42 bits per heavy atom. The highest BCUT2D eigenvalue weighted by Gasteiger charge is 2.40. The Bertz CT molecular complexity index is 498. The third kappa shape index (κ3) is 2.81. The molecule has 0 aliphatic rings. The monoisotopic (exact) mass is 366 g/mol. The minimum absolute atomic E-state index is 0.229. The van der Waals surface area contributed by atoms with E-state index >= 15 is 0 Å². The lowest BCUT2D eigenvalue weighted by molar-refractivity contribution is -0.144. The van der Waals surface area contributed by atoms with Crippen LogP contribution in [-0.2, 0) is 13.0 Å². The minimum Gasteiger partial charge on any atom is -0.464 e. The number of ether oxygens (including phenoxy) is 1. The van der Waals surface area contributed by atoms with Gasteiger partial charge in [-0.1, -0.05) is 83.3 Å². The number of hydrogen-bond acceptors (Lipinski definition) is 2. The van der Waals surface area contributed by atoms with Crippen LogP contribution in [0.25, 0.3) is 0 Å². The molecule has 0 spiro atoms. The van der Waals surface area contributed by atoms with Gasteiger partial charge in [-0.25, -0.2) is 4.79 Å². The van der Waals surface area contributed by atoms with Crippen molar-refractivity contribution in [2.75, 3.05) is 6.61 Å². The molecule has 0 unspecified atom stereocenters. The lowest BCUT2D eigenvalue weighted by atomic mass is 9.91. The Kier molecular flexibility index (Phi) is 4.58. The van der Waals surface area contributed by atoms with Gasteiger partial charge >= 0.3 is 5.97 Å². The molecule has 0 heterocycles. The number of benzene rings is 2. The van der Waals surface area contributed by atoms with Crippen LogP contribution in [0.15, 0.2) is 60.7 Å². The highest BCUT2D eigenvalue weighted by molar-refractivity contribution is 14.1. The highest BCUT2D eigenvalue weighted by atomic mass is 127. The molecule has 2 aromatic rings. The zero-order valence-corrected chi connectivity index (χ0v) is 12.8. The van der Waals surface area contributed by atoms with Crippen LogP contribution in [-0.4, -0.2) is 12.6 Å². The number of esters is 1. The van der Waals surface area contributed by atoms with Crippen LogP contribution in [0.4, 0.5) is 0 Å². The number of alkyl halides is 1. The largest absolute Gasteiger partial charge is 0.464 e. The van der Waals surface area contributed by atoms with Gasteiger partial charge in [0, 0.05) is 0 Å². The van der Waals surface area contributed by atoms with Gasteiger partial charge in [-0.3, -0.25) is 0 Å². The van der Waals surface area contributed by atoms with Gasteiger partial charge in [-0.2, -0.15) is 0 Å². The number of halogens is 1. The Morgan fingerprint density at radius 1 is 1.00 bits per heavy atom. The maximum Gasteiger partial charge on any atom is 0.331 e. The van der Waals surface area contributed by atoms with Crippen LogP contribution in [0.2, 0.25) is 0 Å². The predicted octanol–water partition coefficient (Wildman–Crippen LogP) is 3.93. The first-order valence-corrected chi connectivity index (χ1v) is 7.24. The second kappa shape index (κ2) is 6.19. The SMILES string of the molecule is CCOC(=O)C(I)(c1ccccc1)c1ccccc1. The molecule has 2 aromatic carbocycles. The summed E-state index contributed by atoms with van der Waals surface area (Å²) in [5, 5.41) is 0. The van der Waals surface area contributed by atoms with E-state index < -0.39 is 3.42 Å². The first-order valence-electron chi connectivity index (χ1n) is 6.16. The molecule has 0 radical (unpaired) electrons. The molecular weight excluding hydrogens is 351 g/mol.